The van der Waals surface area contributed by atoms with Crippen LogP contribution in [0, 0.1) is 0 Å². The molecule has 1 N–H and O–H groups in total. The molecular weight excluding hydrogens is 300 g/mol. The molecule has 0 saturated carbocycles. The first-order chi connectivity index (χ1) is 11.7. The largest absolute Gasteiger partial charge is 0.489 e. The number of Topliss-reactive ketones (excluding diaryl/α,β-unsaturated/α-hetero) is 1. The van der Waals surface area contributed by atoms with Crippen LogP contribution in [-0.4, -0.2) is 42.9 Å². The van der Waals surface area contributed by atoms with Gasteiger partial charge in [0.05, 0.1) is 6.04 Å². The number of nitrogens with zero attached hydrogens (tertiary/aromatic N) is 1. The van der Waals surface area contributed by atoms with Gasteiger partial charge in [-0.05, 0) is 36.8 Å². The second kappa shape index (κ2) is 8.08. The van der Waals surface area contributed by atoms with Gasteiger partial charge in [0.15, 0.2) is 5.78 Å². The molecule has 1 aliphatic rings. The topological polar surface area (TPSA) is 41.6 Å². The van der Waals surface area contributed by atoms with Crippen molar-refractivity contribution in [2.24, 2.45) is 0 Å². The van der Waals surface area contributed by atoms with Gasteiger partial charge in [0.2, 0.25) is 0 Å². The minimum Gasteiger partial charge on any atom is -0.489 e. The summed E-state index contributed by atoms with van der Waals surface area (Å²) in [6, 6.07) is 17.5. The van der Waals surface area contributed by atoms with E-state index in [2.05, 4.69) is 10.2 Å². The van der Waals surface area contributed by atoms with Gasteiger partial charge in [0, 0.05) is 31.7 Å². The van der Waals surface area contributed by atoms with Gasteiger partial charge in [0.1, 0.15) is 12.4 Å². The molecule has 0 amide bonds. The molecule has 0 aromatic heterocycles. The number of piperazine rings is 1. The van der Waals surface area contributed by atoms with Crippen molar-refractivity contribution in [3.63, 3.8) is 0 Å². The lowest BCUT2D eigenvalue weighted by Crippen LogP contribution is -2.50. The third kappa shape index (κ3) is 4.22. The summed E-state index contributed by atoms with van der Waals surface area (Å²) in [4.78, 5) is 14.9. The number of ketones is 1. The summed E-state index contributed by atoms with van der Waals surface area (Å²) < 4.78 is 5.77. The van der Waals surface area contributed by atoms with Gasteiger partial charge in [-0.1, -0.05) is 30.3 Å². The molecule has 4 heteroatoms. The Kier molecular flexibility index (Phi) is 5.62. The Balaban J connectivity index is 1.58. The van der Waals surface area contributed by atoms with E-state index in [1.165, 1.54) is 0 Å². The van der Waals surface area contributed by atoms with Crippen molar-refractivity contribution in [1.82, 2.24) is 10.2 Å². The van der Waals surface area contributed by atoms with Crippen molar-refractivity contribution in [3.05, 3.63) is 65.7 Å². The zero-order valence-corrected chi connectivity index (χ0v) is 14.1. The molecule has 1 saturated heterocycles. The number of hydrogen-bond donors (Lipinski definition) is 1. The molecule has 0 aliphatic carbocycles. The molecule has 126 valence electrons. The van der Waals surface area contributed by atoms with Crippen molar-refractivity contribution in [3.8, 4) is 5.75 Å². The Morgan fingerprint density at radius 3 is 2.42 bits per heavy atom. The molecule has 2 aromatic rings. The van der Waals surface area contributed by atoms with Crippen LogP contribution < -0.4 is 10.1 Å². The van der Waals surface area contributed by atoms with E-state index in [9.17, 15) is 4.79 Å². The maximum Gasteiger partial charge on any atom is 0.179 e. The highest BCUT2D eigenvalue weighted by atomic mass is 16.5. The van der Waals surface area contributed by atoms with Crippen molar-refractivity contribution >= 4 is 5.78 Å². The molecule has 4 nitrogen and oxygen atoms in total. The second-order valence-electron chi connectivity index (χ2n) is 6.12. The Bertz CT molecular complexity index is 649. The van der Waals surface area contributed by atoms with E-state index < -0.39 is 0 Å². The molecule has 0 bridgehead atoms. The zero-order valence-electron chi connectivity index (χ0n) is 14.1. The van der Waals surface area contributed by atoms with E-state index in [4.69, 9.17) is 4.74 Å². The summed E-state index contributed by atoms with van der Waals surface area (Å²) in [5.74, 6) is 0.955. The first-order valence-corrected chi connectivity index (χ1v) is 8.50. The Morgan fingerprint density at radius 2 is 1.75 bits per heavy atom. The van der Waals surface area contributed by atoms with E-state index in [-0.39, 0.29) is 11.8 Å². The fraction of sp³-hybridized carbons (Fsp3) is 0.350. The molecule has 1 unspecified atom stereocenters. The van der Waals surface area contributed by atoms with Crippen molar-refractivity contribution in [2.45, 2.75) is 19.6 Å². The maximum atomic E-state index is 12.6. The molecule has 1 aliphatic heterocycles. The first kappa shape index (κ1) is 16.7. The normalized spacial score (nSPS) is 16.5. The number of carbonyl (C=O) groups excluding carboxylic acids is 1. The minimum atomic E-state index is -0.0804. The lowest BCUT2D eigenvalue weighted by Gasteiger charge is -2.31. The molecular formula is C20H24N2O2. The minimum absolute atomic E-state index is 0.0804. The summed E-state index contributed by atoms with van der Waals surface area (Å²) in [6.45, 7) is 6.27. The van der Waals surface area contributed by atoms with Crippen molar-refractivity contribution in [1.29, 1.82) is 0 Å². The Hall–Kier alpha value is -2.17. The number of carbonyl (C=O) groups is 1. The summed E-state index contributed by atoms with van der Waals surface area (Å²) in [5.41, 5.74) is 1.87. The van der Waals surface area contributed by atoms with Crippen LogP contribution >= 0.6 is 0 Å². The van der Waals surface area contributed by atoms with Crippen LogP contribution in [0.1, 0.15) is 22.8 Å². The van der Waals surface area contributed by atoms with Gasteiger partial charge >= 0.3 is 0 Å². The molecule has 0 radical (unpaired) electrons. The van der Waals surface area contributed by atoms with E-state index in [1.807, 2.05) is 61.5 Å². The van der Waals surface area contributed by atoms with Gasteiger partial charge in [-0.3, -0.25) is 9.69 Å². The van der Waals surface area contributed by atoms with Gasteiger partial charge in [-0.25, -0.2) is 0 Å². The highest BCUT2D eigenvalue weighted by Crippen LogP contribution is 2.17. The van der Waals surface area contributed by atoms with E-state index in [1.54, 1.807) is 0 Å². The molecule has 3 rings (SSSR count). The Labute approximate surface area is 143 Å². The van der Waals surface area contributed by atoms with Gasteiger partial charge in [0.25, 0.3) is 0 Å². The monoisotopic (exact) mass is 324 g/mol. The predicted octanol–water partition coefficient (Wildman–Crippen LogP) is 2.74. The summed E-state index contributed by atoms with van der Waals surface area (Å²) in [6.07, 6.45) is 0. The van der Waals surface area contributed by atoms with Gasteiger partial charge in [-0.2, -0.15) is 0 Å². The molecule has 24 heavy (non-hydrogen) atoms. The van der Waals surface area contributed by atoms with Crippen LogP contribution in [0.5, 0.6) is 5.75 Å². The third-order valence-corrected chi connectivity index (χ3v) is 4.47. The molecule has 1 fully saturated rings. The number of benzene rings is 2. The van der Waals surface area contributed by atoms with E-state index in [0.717, 1.165) is 43.1 Å². The van der Waals surface area contributed by atoms with Gasteiger partial charge in [-0.15, -0.1) is 0 Å². The second-order valence-corrected chi connectivity index (χ2v) is 6.12. The first-order valence-electron chi connectivity index (χ1n) is 8.50. The average Bonchev–Trinajstić information content (AvgIpc) is 2.67. The molecule has 1 heterocycles. The number of hydrogen-bond acceptors (Lipinski definition) is 4. The Morgan fingerprint density at radius 1 is 1.08 bits per heavy atom. The molecule has 1 atom stereocenters. The van der Waals surface area contributed by atoms with Gasteiger partial charge < -0.3 is 10.1 Å². The smallest absolute Gasteiger partial charge is 0.179 e. The fourth-order valence-corrected chi connectivity index (χ4v) is 2.93. The van der Waals surface area contributed by atoms with Crippen LogP contribution in [0.15, 0.2) is 54.6 Å². The van der Waals surface area contributed by atoms with Crippen LogP contribution in [0.2, 0.25) is 0 Å². The SMILES string of the molecule is CC(C(=O)c1ccc(OCc2ccccc2)cc1)N1CCNCC1. The third-order valence-electron chi connectivity index (χ3n) is 4.47. The van der Waals surface area contributed by atoms with Crippen LogP contribution in [-0.2, 0) is 6.61 Å². The molecule has 0 spiro atoms. The number of ether oxygens (including phenoxy) is 1. The zero-order chi connectivity index (χ0) is 16.8. The highest BCUT2D eigenvalue weighted by Gasteiger charge is 2.23. The lowest BCUT2D eigenvalue weighted by atomic mass is 10.0. The molecule has 2 aromatic carbocycles. The summed E-state index contributed by atoms with van der Waals surface area (Å²) in [7, 11) is 0. The number of rotatable bonds is 6. The highest BCUT2D eigenvalue weighted by molar-refractivity contribution is 5.99. The number of nitrogens with one attached hydrogen (secondary N) is 1. The standard InChI is InChI=1S/C20H24N2O2/c1-16(22-13-11-21-12-14-22)20(23)18-7-9-19(10-8-18)24-15-17-5-3-2-4-6-17/h2-10,16,21H,11-15H2,1H3. The van der Waals surface area contributed by atoms with E-state index in [0.29, 0.717) is 6.61 Å². The maximum absolute atomic E-state index is 12.6. The van der Waals surface area contributed by atoms with Crippen LogP contribution in [0.3, 0.4) is 0 Å². The average molecular weight is 324 g/mol. The lowest BCUT2D eigenvalue weighted by molar-refractivity contribution is 0.0820. The van der Waals surface area contributed by atoms with Crippen LogP contribution in [0.4, 0.5) is 0 Å². The van der Waals surface area contributed by atoms with E-state index >= 15 is 0 Å². The summed E-state index contributed by atoms with van der Waals surface area (Å²) in [5, 5.41) is 3.31. The predicted molar refractivity (Wildman–Crippen MR) is 95.5 cm³/mol. The fourth-order valence-electron chi connectivity index (χ4n) is 2.93. The van der Waals surface area contributed by atoms with Crippen molar-refractivity contribution in [2.75, 3.05) is 26.2 Å². The van der Waals surface area contributed by atoms with Crippen molar-refractivity contribution < 1.29 is 9.53 Å². The summed E-state index contributed by atoms with van der Waals surface area (Å²) >= 11 is 0. The quantitative estimate of drug-likeness (QED) is 0.830. The van der Waals surface area contributed by atoms with Crippen LogP contribution in [0.25, 0.3) is 0 Å².